The van der Waals surface area contributed by atoms with Crippen LogP contribution in [0.3, 0.4) is 0 Å². The number of rotatable bonds is 8. The van der Waals surface area contributed by atoms with Gasteiger partial charge < -0.3 is 20.3 Å². The molecule has 0 saturated carbocycles. The van der Waals surface area contributed by atoms with Crippen molar-refractivity contribution in [1.82, 2.24) is 5.32 Å². The molecule has 0 fully saturated rings. The van der Waals surface area contributed by atoms with Gasteiger partial charge in [0.15, 0.2) is 0 Å². The molecule has 0 heterocycles. The van der Waals surface area contributed by atoms with Crippen LogP contribution in [0.15, 0.2) is 0 Å². The van der Waals surface area contributed by atoms with Gasteiger partial charge in [0, 0.05) is 33.2 Å². The zero-order chi connectivity index (χ0) is 12.8. The lowest BCUT2D eigenvalue weighted by Gasteiger charge is -2.30. The molecule has 0 saturated heterocycles. The minimum Gasteiger partial charge on any atom is -0.389 e. The van der Waals surface area contributed by atoms with Gasteiger partial charge in [0.1, 0.15) is 0 Å². The van der Waals surface area contributed by atoms with E-state index in [-0.39, 0.29) is 5.92 Å². The molecule has 0 spiro atoms. The molecule has 3 N–H and O–H groups in total. The first kappa shape index (κ1) is 15.8. The van der Waals surface area contributed by atoms with Crippen LogP contribution in [0.5, 0.6) is 0 Å². The lowest BCUT2D eigenvalue weighted by molar-refractivity contribution is -0.00366. The molecule has 16 heavy (non-hydrogen) atoms. The number of methoxy groups -OCH3 is 1. The van der Waals surface area contributed by atoms with E-state index in [1.165, 1.54) is 0 Å². The predicted octanol–water partition coefficient (Wildman–Crippen LogP) is 0.770. The first-order valence-electron chi connectivity index (χ1n) is 5.86. The molecule has 0 bridgehead atoms. The van der Waals surface area contributed by atoms with Gasteiger partial charge in [-0.2, -0.15) is 0 Å². The van der Waals surface area contributed by atoms with Crippen LogP contribution in [-0.2, 0) is 4.74 Å². The van der Waals surface area contributed by atoms with E-state index in [1.807, 2.05) is 13.8 Å². The molecule has 4 nitrogen and oxygen atoms in total. The largest absolute Gasteiger partial charge is 0.389 e. The van der Waals surface area contributed by atoms with Gasteiger partial charge in [0.25, 0.3) is 0 Å². The summed E-state index contributed by atoms with van der Waals surface area (Å²) in [4.78, 5) is 0. The van der Waals surface area contributed by atoms with Gasteiger partial charge in [-0.15, -0.1) is 0 Å². The van der Waals surface area contributed by atoms with E-state index >= 15 is 0 Å². The van der Waals surface area contributed by atoms with Crippen molar-refractivity contribution in [3.8, 4) is 0 Å². The van der Waals surface area contributed by atoms with Gasteiger partial charge in [0.05, 0.1) is 11.2 Å². The van der Waals surface area contributed by atoms with Crippen molar-refractivity contribution in [3.63, 3.8) is 0 Å². The number of hydrogen-bond acceptors (Lipinski definition) is 4. The van der Waals surface area contributed by atoms with Crippen molar-refractivity contribution in [2.45, 2.75) is 45.3 Å². The second-order valence-corrected chi connectivity index (χ2v) is 5.36. The average Bonchev–Trinajstić information content (AvgIpc) is 2.14. The summed E-state index contributed by atoms with van der Waals surface area (Å²) in [6.07, 6.45) is 0.584. The summed E-state index contributed by atoms with van der Waals surface area (Å²) in [5.74, 6) is 0.184. The van der Waals surface area contributed by atoms with Gasteiger partial charge in [-0.05, 0) is 19.8 Å². The molecule has 0 aromatic heterocycles. The van der Waals surface area contributed by atoms with Gasteiger partial charge >= 0.3 is 0 Å². The number of ether oxygens (including phenoxy) is 1. The Morgan fingerprint density at radius 2 is 1.75 bits per heavy atom. The van der Waals surface area contributed by atoms with E-state index in [9.17, 15) is 10.2 Å². The van der Waals surface area contributed by atoms with Crippen molar-refractivity contribution >= 4 is 0 Å². The van der Waals surface area contributed by atoms with Gasteiger partial charge in [-0.25, -0.2) is 0 Å². The first-order valence-corrected chi connectivity index (χ1v) is 5.86. The van der Waals surface area contributed by atoms with Crippen molar-refractivity contribution in [3.05, 3.63) is 0 Å². The molecule has 98 valence electrons. The third-order valence-electron chi connectivity index (χ3n) is 3.08. The van der Waals surface area contributed by atoms with Crippen LogP contribution in [-0.4, -0.2) is 48.2 Å². The lowest BCUT2D eigenvalue weighted by Crippen LogP contribution is -2.47. The van der Waals surface area contributed by atoms with E-state index in [0.717, 1.165) is 0 Å². The molecule has 0 aliphatic heterocycles. The summed E-state index contributed by atoms with van der Waals surface area (Å²) in [6.45, 7) is 9.00. The standard InChI is InChI=1S/C12H27NO3/c1-10(2)12(4,15)9-13-8-11(3,14)6-7-16-5/h10,13-15H,6-9H2,1-5H3. The van der Waals surface area contributed by atoms with Gasteiger partial charge in [-0.1, -0.05) is 13.8 Å². The highest BCUT2D eigenvalue weighted by Crippen LogP contribution is 2.15. The van der Waals surface area contributed by atoms with E-state index < -0.39 is 11.2 Å². The van der Waals surface area contributed by atoms with Crippen LogP contribution in [0, 0.1) is 5.92 Å². The summed E-state index contributed by atoms with van der Waals surface area (Å²) < 4.78 is 4.93. The summed E-state index contributed by atoms with van der Waals surface area (Å²) in [6, 6.07) is 0. The highest BCUT2D eigenvalue weighted by atomic mass is 16.5. The summed E-state index contributed by atoms with van der Waals surface area (Å²) in [5, 5.41) is 23.1. The number of nitrogens with one attached hydrogen (secondary N) is 1. The smallest absolute Gasteiger partial charge is 0.0766 e. The van der Waals surface area contributed by atoms with Gasteiger partial charge in [0.2, 0.25) is 0 Å². The molecule has 0 radical (unpaired) electrons. The fourth-order valence-corrected chi connectivity index (χ4v) is 1.20. The van der Waals surface area contributed by atoms with Crippen molar-refractivity contribution in [2.75, 3.05) is 26.8 Å². The monoisotopic (exact) mass is 233 g/mol. The average molecular weight is 233 g/mol. The molecule has 0 aromatic carbocycles. The van der Waals surface area contributed by atoms with E-state index in [2.05, 4.69) is 5.32 Å². The molecule has 0 aliphatic rings. The molecule has 0 aromatic rings. The zero-order valence-corrected chi connectivity index (χ0v) is 11.2. The molecular weight excluding hydrogens is 206 g/mol. The minimum absolute atomic E-state index is 0.184. The van der Waals surface area contributed by atoms with E-state index in [1.54, 1.807) is 21.0 Å². The second-order valence-electron chi connectivity index (χ2n) is 5.36. The summed E-state index contributed by atoms with van der Waals surface area (Å²) in [7, 11) is 1.62. The van der Waals surface area contributed by atoms with Crippen molar-refractivity contribution in [2.24, 2.45) is 5.92 Å². The molecule has 0 rings (SSSR count). The Morgan fingerprint density at radius 3 is 2.19 bits per heavy atom. The maximum atomic E-state index is 10.00. The molecule has 0 aliphatic carbocycles. The molecule has 2 unspecified atom stereocenters. The van der Waals surface area contributed by atoms with Crippen molar-refractivity contribution in [1.29, 1.82) is 0 Å². The Morgan fingerprint density at radius 1 is 1.19 bits per heavy atom. The molecule has 0 amide bonds. The zero-order valence-electron chi connectivity index (χ0n) is 11.2. The Bertz CT molecular complexity index is 191. The topological polar surface area (TPSA) is 61.7 Å². The van der Waals surface area contributed by atoms with Gasteiger partial charge in [-0.3, -0.25) is 0 Å². The Labute approximate surface area is 99.0 Å². The molecule has 4 heteroatoms. The maximum absolute atomic E-state index is 10.00. The minimum atomic E-state index is -0.789. The van der Waals surface area contributed by atoms with Crippen LogP contribution < -0.4 is 5.32 Å². The highest BCUT2D eigenvalue weighted by Gasteiger charge is 2.26. The maximum Gasteiger partial charge on any atom is 0.0766 e. The van der Waals surface area contributed by atoms with E-state index in [0.29, 0.717) is 26.1 Å². The highest BCUT2D eigenvalue weighted by molar-refractivity contribution is 4.82. The summed E-state index contributed by atoms with van der Waals surface area (Å²) in [5.41, 5.74) is -1.53. The Hall–Kier alpha value is -0.160. The normalized spacial score (nSPS) is 19.5. The first-order chi connectivity index (χ1) is 7.21. The third kappa shape index (κ3) is 6.43. The SMILES string of the molecule is COCCC(C)(O)CNCC(C)(O)C(C)C. The Balaban J connectivity index is 3.88. The molecular formula is C12H27NO3. The quantitative estimate of drug-likeness (QED) is 0.579. The second kappa shape index (κ2) is 6.55. The Kier molecular flexibility index (Phi) is 6.48. The van der Waals surface area contributed by atoms with Crippen LogP contribution in [0.2, 0.25) is 0 Å². The van der Waals surface area contributed by atoms with E-state index in [4.69, 9.17) is 4.74 Å². The number of hydrogen-bond donors (Lipinski definition) is 3. The number of aliphatic hydroxyl groups is 2. The fraction of sp³-hybridized carbons (Fsp3) is 1.00. The van der Waals surface area contributed by atoms with Crippen molar-refractivity contribution < 1.29 is 14.9 Å². The third-order valence-corrected chi connectivity index (χ3v) is 3.08. The molecule has 2 atom stereocenters. The van der Waals surface area contributed by atoms with Crippen LogP contribution in [0.4, 0.5) is 0 Å². The fourth-order valence-electron chi connectivity index (χ4n) is 1.20. The van der Waals surface area contributed by atoms with Crippen LogP contribution in [0.25, 0.3) is 0 Å². The lowest BCUT2D eigenvalue weighted by atomic mass is 9.92. The van der Waals surface area contributed by atoms with Crippen LogP contribution >= 0.6 is 0 Å². The van der Waals surface area contributed by atoms with Crippen LogP contribution in [0.1, 0.15) is 34.1 Å². The summed E-state index contributed by atoms with van der Waals surface area (Å²) >= 11 is 0. The predicted molar refractivity (Wildman–Crippen MR) is 65.4 cm³/mol.